The molecule has 3 aromatic rings. The van der Waals surface area contributed by atoms with Crippen molar-refractivity contribution < 1.29 is 4.84 Å². The van der Waals surface area contributed by atoms with Gasteiger partial charge in [-0.3, -0.25) is 0 Å². The minimum atomic E-state index is -0.461. The van der Waals surface area contributed by atoms with E-state index < -0.39 is 5.72 Å². The van der Waals surface area contributed by atoms with Crippen LogP contribution in [0.2, 0.25) is 0 Å². The lowest BCUT2D eigenvalue weighted by atomic mass is 10.00. The molecule has 0 aromatic heterocycles. The summed E-state index contributed by atoms with van der Waals surface area (Å²) in [6, 6.07) is 25.5. The molecule has 0 amide bonds. The molecule has 0 bridgehead atoms. The van der Waals surface area contributed by atoms with Crippen LogP contribution in [0.3, 0.4) is 0 Å². The van der Waals surface area contributed by atoms with Crippen molar-refractivity contribution in [1.82, 2.24) is 4.90 Å². The minimum Gasteiger partial charge on any atom is -0.365 e. The van der Waals surface area contributed by atoms with Crippen molar-refractivity contribution >= 4 is 16.6 Å². The molecule has 138 valence electrons. The summed E-state index contributed by atoms with van der Waals surface area (Å²) in [6.07, 6.45) is 3.06. The highest BCUT2D eigenvalue weighted by Gasteiger charge is 2.42. The highest BCUT2D eigenvalue weighted by molar-refractivity contribution is 6.02. The van der Waals surface area contributed by atoms with E-state index in [9.17, 15) is 0 Å². The lowest BCUT2D eigenvalue weighted by Crippen LogP contribution is -2.48. The Bertz CT molecular complexity index is 951. The molecule has 1 atom stereocenters. The molecule has 0 radical (unpaired) electrons. The molecule has 1 heterocycles. The van der Waals surface area contributed by atoms with Crippen molar-refractivity contribution in [2.75, 3.05) is 6.54 Å². The Morgan fingerprint density at radius 3 is 2.44 bits per heavy atom. The van der Waals surface area contributed by atoms with Crippen LogP contribution in [0.5, 0.6) is 0 Å². The van der Waals surface area contributed by atoms with E-state index in [0.29, 0.717) is 0 Å². The zero-order valence-corrected chi connectivity index (χ0v) is 16.1. The monoisotopic (exact) mass is 358 g/mol. The van der Waals surface area contributed by atoms with Gasteiger partial charge in [0, 0.05) is 18.5 Å². The number of rotatable bonds is 6. The molecule has 0 N–H and O–H groups in total. The summed E-state index contributed by atoms with van der Waals surface area (Å²) in [7, 11) is 0. The van der Waals surface area contributed by atoms with E-state index in [-0.39, 0.29) is 0 Å². The van der Waals surface area contributed by atoms with E-state index in [1.165, 1.54) is 16.3 Å². The van der Waals surface area contributed by atoms with Gasteiger partial charge in [0.2, 0.25) is 5.72 Å². The Labute approximate surface area is 161 Å². The fourth-order valence-electron chi connectivity index (χ4n) is 3.76. The van der Waals surface area contributed by atoms with Gasteiger partial charge in [-0.1, -0.05) is 85.2 Å². The van der Waals surface area contributed by atoms with Crippen molar-refractivity contribution in [2.45, 2.75) is 38.8 Å². The lowest BCUT2D eigenvalue weighted by Gasteiger charge is -2.34. The van der Waals surface area contributed by atoms with Gasteiger partial charge in [0.05, 0.1) is 0 Å². The van der Waals surface area contributed by atoms with Crippen LogP contribution in [-0.4, -0.2) is 23.0 Å². The molecule has 27 heavy (non-hydrogen) atoms. The smallest absolute Gasteiger partial charge is 0.212 e. The molecular weight excluding hydrogens is 332 g/mol. The van der Waals surface area contributed by atoms with Crippen LogP contribution >= 0.6 is 0 Å². The van der Waals surface area contributed by atoms with Gasteiger partial charge in [-0.05, 0) is 35.7 Å². The molecule has 0 fully saturated rings. The van der Waals surface area contributed by atoms with Crippen LogP contribution < -0.4 is 0 Å². The van der Waals surface area contributed by atoms with Gasteiger partial charge in [-0.25, -0.2) is 0 Å². The second-order valence-electron chi connectivity index (χ2n) is 7.41. The van der Waals surface area contributed by atoms with Gasteiger partial charge in [0.1, 0.15) is 0 Å². The third-order valence-electron chi connectivity index (χ3n) is 5.27. The fraction of sp³-hybridized carbons (Fsp3) is 0.292. The SMILES string of the molecule is CCCCN1C(c2ccc3ccccc3c2)=NOC1(C)Cc1ccccc1. The molecule has 3 nitrogen and oxygen atoms in total. The molecule has 1 aliphatic heterocycles. The highest BCUT2D eigenvalue weighted by Crippen LogP contribution is 2.32. The maximum atomic E-state index is 6.05. The third-order valence-corrected chi connectivity index (χ3v) is 5.27. The molecule has 4 rings (SSSR count). The van der Waals surface area contributed by atoms with Gasteiger partial charge < -0.3 is 9.74 Å². The van der Waals surface area contributed by atoms with E-state index in [1.807, 2.05) is 6.07 Å². The predicted octanol–water partition coefficient (Wildman–Crippen LogP) is 5.59. The van der Waals surface area contributed by atoms with E-state index in [2.05, 4.69) is 90.6 Å². The number of benzene rings is 3. The van der Waals surface area contributed by atoms with Gasteiger partial charge >= 0.3 is 0 Å². The van der Waals surface area contributed by atoms with Crippen molar-refractivity contribution in [1.29, 1.82) is 0 Å². The first kappa shape index (κ1) is 17.6. The fourth-order valence-corrected chi connectivity index (χ4v) is 3.76. The van der Waals surface area contributed by atoms with Gasteiger partial charge in [-0.15, -0.1) is 0 Å². The van der Waals surface area contributed by atoms with Crippen LogP contribution in [0.25, 0.3) is 10.8 Å². The summed E-state index contributed by atoms with van der Waals surface area (Å²) in [5.41, 5.74) is 1.91. The summed E-state index contributed by atoms with van der Waals surface area (Å²) in [5, 5.41) is 7.01. The van der Waals surface area contributed by atoms with Crippen molar-refractivity contribution in [3.8, 4) is 0 Å². The van der Waals surface area contributed by atoms with Crippen molar-refractivity contribution in [3.05, 3.63) is 83.9 Å². The molecule has 1 aliphatic rings. The summed E-state index contributed by atoms with van der Waals surface area (Å²) < 4.78 is 0. The Kier molecular flexibility index (Phi) is 4.85. The van der Waals surface area contributed by atoms with E-state index in [1.54, 1.807) is 0 Å². The zero-order chi connectivity index (χ0) is 18.7. The van der Waals surface area contributed by atoms with Crippen LogP contribution in [0.15, 0.2) is 78.0 Å². The first-order valence-corrected chi connectivity index (χ1v) is 9.76. The molecule has 0 saturated carbocycles. The van der Waals surface area contributed by atoms with E-state index in [0.717, 1.165) is 37.2 Å². The predicted molar refractivity (Wildman–Crippen MR) is 112 cm³/mol. The average Bonchev–Trinajstić information content (AvgIpc) is 3.02. The van der Waals surface area contributed by atoms with Gasteiger partial charge in [0.25, 0.3) is 0 Å². The molecule has 0 aliphatic carbocycles. The van der Waals surface area contributed by atoms with Gasteiger partial charge in [0.15, 0.2) is 5.84 Å². The normalized spacial score (nSPS) is 19.2. The van der Waals surface area contributed by atoms with Crippen LogP contribution in [0.1, 0.15) is 37.8 Å². The first-order valence-electron chi connectivity index (χ1n) is 9.76. The Morgan fingerprint density at radius 1 is 0.926 bits per heavy atom. The van der Waals surface area contributed by atoms with Crippen molar-refractivity contribution in [2.24, 2.45) is 5.16 Å². The largest absolute Gasteiger partial charge is 0.365 e. The summed E-state index contributed by atoms with van der Waals surface area (Å²) in [5.74, 6) is 0.938. The molecular formula is C24H26N2O. The van der Waals surface area contributed by atoms with Gasteiger partial charge in [-0.2, -0.15) is 0 Å². The standard InChI is InChI=1S/C24H26N2O/c1-3-4-16-26-23(22-15-14-20-12-8-9-13-21(20)17-22)25-27-24(26,2)18-19-10-6-5-7-11-19/h5-15,17H,3-4,16,18H2,1-2H3. The van der Waals surface area contributed by atoms with Crippen molar-refractivity contribution in [3.63, 3.8) is 0 Å². The summed E-state index contributed by atoms with van der Waals surface area (Å²) in [4.78, 5) is 8.39. The number of hydrogen-bond acceptors (Lipinski definition) is 3. The average molecular weight is 358 g/mol. The Hall–Kier alpha value is -2.81. The maximum absolute atomic E-state index is 6.05. The number of oxime groups is 1. The number of fused-ring (bicyclic) bond motifs is 1. The number of unbranched alkanes of at least 4 members (excludes halogenated alkanes) is 1. The molecule has 3 aromatic carbocycles. The van der Waals surface area contributed by atoms with E-state index in [4.69, 9.17) is 4.84 Å². The second-order valence-corrected chi connectivity index (χ2v) is 7.41. The third kappa shape index (κ3) is 3.55. The van der Waals surface area contributed by atoms with Crippen LogP contribution in [0, 0.1) is 0 Å². The number of nitrogens with zero attached hydrogens (tertiary/aromatic N) is 2. The molecule has 0 saturated heterocycles. The molecule has 1 unspecified atom stereocenters. The Morgan fingerprint density at radius 2 is 1.67 bits per heavy atom. The summed E-state index contributed by atoms with van der Waals surface area (Å²) in [6.45, 7) is 5.30. The summed E-state index contributed by atoms with van der Waals surface area (Å²) >= 11 is 0. The maximum Gasteiger partial charge on any atom is 0.212 e. The molecule has 0 spiro atoms. The first-order chi connectivity index (χ1) is 13.2. The lowest BCUT2D eigenvalue weighted by molar-refractivity contribution is -0.0833. The number of hydrogen-bond donors (Lipinski definition) is 0. The van der Waals surface area contributed by atoms with E-state index >= 15 is 0 Å². The van der Waals surface area contributed by atoms with Crippen LogP contribution in [-0.2, 0) is 11.3 Å². The Balaban J connectivity index is 1.66. The topological polar surface area (TPSA) is 24.8 Å². The number of amidine groups is 1. The highest BCUT2D eigenvalue weighted by atomic mass is 16.7. The minimum absolute atomic E-state index is 0.461. The zero-order valence-electron chi connectivity index (χ0n) is 16.1. The molecule has 3 heteroatoms. The second kappa shape index (κ2) is 7.43. The quantitative estimate of drug-likeness (QED) is 0.573. The van der Waals surface area contributed by atoms with Crippen LogP contribution in [0.4, 0.5) is 0 Å².